The van der Waals surface area contributed by atoms with Gasteiger partial charge in [-0.1, -0.05) is 52.5 Å². The Balaban J connectivity index is 1.74. The van der Waals surface area contributed by atoms with E-state index in [-0.39, 0.29) is 0 Å². The number of allylic oxidation sites excluding steroid dienone is 2. The first-order valence-corrected chi connectivity index (χ1v) is 11.7. The van der Waals surface area contributed by atoms with Crippen molar-refractivity contribution in [1.29, 1.82) is 0 Å². The number of aromatic nitrogens is 2. The van der Waals surface area contributed by atoms with Gasteiger partial charge >= 0.3 is 0 Å². The summed E-state index contributed by atoms with van der Waals surface area (Å²) in [6.45, 7) is 8.71. The third-order valence-corrected chi connectivity index (χ3v) is 6.86. The van der Waals surface area contributed by atoms with Crippen LogP contribution in [0.15, 0.2) is 42.2 Å². The zero-order chi connectivity index (χ0) is 22.3. The Morgan fingerprint density at radius 1 is 0.774 bits per heavy atom. The molecule has 0 spiro atoms. The number of halogens is 4. The molecule has 0 radical (unpaired) electrons. The molecule has 2 aromatic carbocycles. The second-order valence-electron chi connectivity index (χ2n) is 7.10. The fourth-order valence-corrected chi connectivity index (χ4v) is 4.65. The zero-order valence-corrected chi connectivity index (χ0v) is 20.5. The summed E-state index contributed by atoms with van der Waals surface area (Å²) in [4.78, 5) is 9.19. The van der Waals surface area contributed by atoms with Gasteiger partial charge in [0.05, 0.1) is 42.5 Å². The monoisotopic (exact) mass is 494 g/mol. The molecule has 0 amide bonds. The normalized spacial score (nSPS) is 13.7. The first kappa shape index (κ1) is 22.3. The number of rotatable bonds is 5. The van der Waals surface area contributed by atoms with Crippen LogP contribution in [-0.4, -0.2) is 22.6 Å². The molecule has 1 aromatic heterocycles. The van der Waals surface area contributed by atoms with E-state index < -0.39 is 0 Å². The van der Waals surface area contributed by atoms with Crippen molar-refractivity contribution in [2.24, 2.45) is 0 Å². The molecule has 4 nitrogen and oxygen atoms in total. The van der Waals surface area contributed by atoms with Gasteiger partial charge in [-0.2, -0.15) is 0 Å². The summed E-state index contributed by atoms with van der Waals surface area (Å²) in [6, 6.07) is 7.53. The average molecular weight is 496 g/mol. The lowest BCUT2D eigenvalue weighted by Gasteiger charge is -2.23. The summed E-state index contributed by atoms with van der Waals surface area (Å²) in [6.07, 6.45) is 6.11. The van der Waals surface area contributed by atoms with Crippen LogP contribution in [-0.2, 0) is 6.54 Å². The summed E-state index contributed by atoms with van der Waals surface area (Å²) in [7, 11) is 0. The summed E-state index contributed by atoms with van der Waals surface area (Å²) in [5.41, 5.74) is 3.91. The molecular weight excluding hydrogens is 474 g/mol. The van der Waals surface area contributed by atoms with Crippen molar-refractivity contribution < 1.29 is 0 Å². The molecule has 2 heterocycles. The van der Waals surface area contributed by atoms with Crippen molar-refractivity contribution in [2.45, 2.75) is 27.3 Å². The highest BCUT2D eigenvalue weighted by molar-refractivity contribution is 6.43. The second kappa shape index (κ2) is 8.95. The van der Waals surface area contributed by atoms with E-state index in [2.05, 4.69) is 41.2 Å². The Morgan fingerprint density at radius 2 is 1.32 bits per heavy atom. The topological polar surface area (TPSA) is 24.3 Å². The summed E-state index contributed by atoms with van der Waals surface area (Å²) in [5, 5.41) is 2.15. The fourth-order valence-electron chi connectivity index (χ4n) is 4.01. The minimum Gasteiger partial charge on any atom is -0.326 e. The molecule has 3 aromatic rings. The number of hydrogen-bond acceptors (Lipinski definition) is 3. The van der Waals surface area contributed by atoms with E-state index in [0.717, 1.165) is 53.7 Å². The zero-order valence-electron chi connectivity index (χ0n) is 17.5. The van der Waals surface area contributed by atoms with E-state index in [9.17, 15) is 0 Å². The molecule has 0 saturated carbocycles. The van der Waals surface area contributed by atoms with Crippen LogP contribution < -0.4 is 9.80 Å². The van der Waals surface area contributed by atoms with Gasteiger partial charge in [0.25, 0.3) is 0 Å². The first-order chi connectivity index (χ1) is 14.9. The lowest BCUT2D eigenvalue weighted by atomic mass is 10.2. The van der Waals surface area contributed by atoms with E-state index >= 15 is 0 Å². The molecule has 1 aliphatic rings. The van der Waals surface area contributed by atoms with Gasteiger partial charge in [-0.15, -0.1) is 0 Å². The van der Waals surface area contributed by atoms with E-state index in [1.165, 1.54) is 0 Å². The third-order valence-electron chi connectivity index (χ3n) is 5.41. The van der Waals surface area contributed by atoms with Gasteiger partial charge in [0.1, 0.15) is 11.6 Å². The van der Waals surface area contributed by atoms with Crippen molar-refractivity contribution >= 4 is 74.9 Å². The van der Waals surface area contributed by atoms with Gasteiger partial charge in [0, 0.05) is 19.6 Å². The molecule has 0 unspecified atom stereocenters. The molecule has 0 N–H and O–H groups in total. The number of aryl methyl sites for hydroxylation is 1. The lowest BCUT2D eigenvalue weighted by Crippen LogP contribution is -2.27. The maximum atomic E-state index is 6.29. The molecule has 0 aliphatic carbocycles. The Morgan fingerprint density at radius 3 is 1.87 bits per heavy atom. The molecule has 8 heteroatoms. The Bertz CT molecular complexity index is 1170. The van der Waals surface area contributed by atoms with Gasteiger partial charge < -0.3 is 14.4 Å². The van der Waals surface area contributed by atoms with Crippen molar-refractivity contribution in [2.75, 3.05) is 22.9 Å². The highest BCUT2D eigenvalue weighted by Gasteiger charge is 2.30. The molecule has 31 heavy (non-hydrogen) atoms. The molecule has 0 atom stereocenters. The predicted octanol–water partition coefficient (Wildman–Crippen LogP) is 7.89. The molecule has 4 rings (SSSR count). The number of nitrogens with zero attached hydrogens (tertiary/aromatic N) is 4. The number of hydrogen-bond donors (Lipinski definition) is 0. The minimum atomic E-state index is 0.505. The number of benzene rings is 2. The van der Waals surface area contributed by atoms with Crippen LogP contribution in [0.3, 0.4) is 0 Å². The van der Waals surface area contributed by atoms with E-state index in [1.54, 1.807) is 6.07 Å². The van der Waals surface area contributed by atoms with E-state index in [0.29, 0.717) is 20.1 Å². The largest absolute Gasteiger partial charge is 0.326 e. The number of anilines is 2. The average Bonchev–Trinajstić information content (AvgIpc) is 3.22. The van der Waals surface area contributed by atoms with Crippen LogP contribution in [0.5, 0.6) is 0 Å². The Labute approximate surface area is 202 Å². The van der Waals surface area contributed by atoms with Crippen molar-refractivity contribution in [3.63, 3.8) is 0 Å². The predicted molar refractivity (Wildman–Crippen MR) is 135 cm³/mol. The Kier molecular flexibility index (Phi) is 6.45. The maximum absolute atomic E-state index is 6.29. The summed E-state index contributed by atoms with van der Waals surface area (Å²) >= 11 is 25.0. The fraction of sp³-hybridized carbons (Fsp3) is 0.261. The van der Waals surface area contributed by atoms with E-state index in [4.69, 9.17) is 51.4 Å². The van der Waals surface area contributed by atoms with Crippen LogP contribution in [0.4, 0.5) is 11.4 Å². The SMILES string of the molecule is CCN1C(=C/C=C/c2nc3cc(Cl)c(Cl)cc3n2CC)N(CC)c2cc(Cl)c(Cl)cc21. The van der Waals surface area contributed by atoms with Crippen molar-refractivity contribution in [3.05, 3.63) is 68.2 Å². The van der Waals surface area contributed by atoms with Gasteiger partial charge in [-0.05, 0) is 57.2 Å². The van der Waals surface area contributed by atoms with Crippen molar-refractivity contribution in [1.82, 2.24) is 9.55 Å². The lowest BCUT2D eigenvalue weighted by molar-refractivity contribution is 0.777. The molecule has 0 saturated heterocycles. The number of imidazole rings is 1. The molecular formula is C23H22Cl4N4. The van der Waals surface area contributed by atoms with Crippen molar-refractivity contribution in [3.8, 4) is 0 Å². The van der Waals surface area contributed by atoms with Crippen LogP contribution in [0.1, 0.15) is 26.6 Å². The van der Waals surface area contributed by atoms with Gasteiger partial charge in [0.15, 0.2) is 0 Å². The van der Waals surface area contributed by atoms with Crippen LogP contribution in [0.2, 0.25) is 20.1 Å². The van der Waals surface area contributed by atoms with Gasteiger partial charge in [0.2, 0.25) is 0 Å². The standard InChI is InChI=1S/C23H22Cl4N4/c1-4-29-19-11-15(25)14(24)10-18(19)28-22(29)8-7-9-23-30(5-2)20-12-16(26)17(27)13-21(20)31(23)6-3/h7-13H,4-6H2,1-3H3/b8-7+. The third kappa shape index (κ3) is 3.91. The van der Waals surface area contributed by atoms with Gasteiger partial charge in [-0.25, -0.2) is 4.98 Å². The van der Waals surface area contributed by atoms with E-state index in [1.807, 2.05) is 30.4 Å². The van der Waals surface area contributed by atoms with Crippen LogP contribution in [0, 0.1) is 0 Å². The minimum absolute atomic E-state index is 0.505. The molecule has 1 aliphatic heterocycles. The highest BCUT2D eigenvalue weighted by atomic mass is 35.5. The smallest absolute Gasteiger partial charge is 0.133 e. The quantitative estimate of drug-likeness (QED) is 0.359. The first-order valence-electron chi connectivity index (χ1n) is 10.2. The molecule has 0 bridgehead atoms. The maximum Gasteiger partial charge on any atom is 0.133 e. The molecule has 162 valence electrons. The molecule has 0 fully saturated rings. The van der Waals surface area contributed by atoms with Crippen LogP contribution >= 0.6 is 46.4 Å². The van der Waals surface area contributed by atoms with Crippen LogP contribution in [0.25, 0.3) is 17.1 Å². The summed E-state index contributed by atoms with van der Waals surface area (Å²) in [5.74, 6) is 1.92. The second-order valence-corrected chi connectivity index (χ2v) is 8.73. The summed E-state index contributed by atoms with van der Waals surface area (Å²) < 4.78 is 2.12. The number of fused-ring (bicyclic) bond motifs is 2. The highest BCUT2D eigenvalue weighted by Crippen LogP contribution is 2.45. The Hall–Kier alpha value is -1.85. The van der Waals surface area contributed by atoms with Gasteiger partial charge in [-0.3, -0.25) is 0 Å².